The fourth-order valence-corrected chi connectivity index (χ4v) is 1.51. The van der Waals surface area contributed by atoms with Gasteiger partial charge in [-0.3, -0.25) is 0 Å². The third-order valence-electron chi connectivity index (χ3n) is 2.34. The maximum atomic E-state index is 12.9. The van der Waals surface area contributed by atoms with Crippen molar-refractivity contribution < 1.29 is 37.3 Å². The van der Waals surface area contributed by atoms with Crippen molar-refractivity contribution in [2.75, 3.05) is 21.3 Å². The van der Waals surface area contributed by atoms with E-state index in [0.29, 0.717) is 6.07 Å². The highest BCUT2D eigenvalue weighted by Crippen LogP contribution is 2.46. The number of carbonyl (C=O) groups is 1. The Morgan fingerprint density at radius 3 is 2.16 bits per heavy atom. The summed E-state index contributed by atoms with van der Waals surface area (Å²) in [6, 6.07) is 0.560. The molecule has 8 heteroatoms. The Hall–Kier alpha value is -2.12. The van der Waals surface area contributed by atoms with E-state index in [9.17, 15) is 23.1 Å². The molecule has 0 bridgehead atoms. The molecular weight excluding hydrogens is 269 g/mol. The number of alkyl halides is 3. The second-order valence-corrected chi connectivity index (χ2v) is 3.37. The van der Waals surface area contributed by atoms with Gasteiger partial charge in [0.05, 0.1) is 26.9 Å². The second kappa shape index (κ2) is 5.25. The molecule has 106 valence electrons. The van der Waals surface area contributed by atoms with Gasteiger partial charge in [0, 0.05) is 0 Å². The summed E-state index contributed by atoms with van der Waals surface area (Å²) < 4.78 is 52.2. The summed E-state index contributed by atoms with van der Waals surface area (Å²) in [5, 5.41) is 9.74. The van der Waals surface area contributed by atoms with Gasteiger partial charge in [-0.2, -0.15) is 13.2 Å². The third kappa shape index (κ3) is 2.67. The Labute approximate surface area is 106 Å². The lowest BCUT2D eigenvalue weighted by Crippen LogP contribution is -2.15. The smallest absolute Gasteiger partial charge is 0.417 e. The largest absolute Gasteiger partial charge is 0.504 e. The zero-order valence-corrected chi connectivity index (χ0v) is 10.3. The molecule has 19 heavy (non-hydrogen) atoms. The van der Waals surface area contributed by atoms with Crippen molar-refractivity contribution in [2.24, 2.45) is 0 Å². The number of hydrogen-bond donors (Lipinski definition) is 1. The standard InChI is InChI=1S/C11H11F3O5/c1-17-6-4-5(11(12,13)14)7(10(16)19-3)8(15)9(6)18-2/h4,15H,1-3H3. The minimum Gasteiger partial charge on any atom is -0.504 e. The van der Waals surface area contributed by atoms with Crippen molar-refractivity contribution in [1.29, 1.82) is 0 Å². The molecule has 0 fully saturated rings. The fraction of sp³-hybridized carbons (Fsp3) is 0.364. The highest BCUT2D eigenvalue weighted by atomic mass is 19.4. The SMILES string of the molecule is COC(=O)c1c(C(F)(F)F)cc(OC)c(OC)c1O. The van der Waals surface area contributed by atoms with Gasteiger partial charge in [-0.1, -0.05) is 0 Å². The average Bonchev–Trinajstić information content (AvgIpc) is 2.35. The van der Waals surface area contributed by atoms with E-state index in [4.69, 9.17) is 4.74 Å². The number of phenolic OH excluding ortho intramolecular Hbond substituents is 1. The molecule has 0 unspecified atom stereocenters. The van der Waals surface area contributed by atoms with Crippen LogP contribution in [0.2, 0.25) is 0 Å². The van der Waals surface area contributed by atoms with E-state index in [1.54, 1.807) is 0 Å². The van der Waals surface area contributed by atoms with Gasteiger partial charge < -0.3 is 19.3 Å². The first-order valence-electron chi connectivity index (χ1n) is 4.91. The van der Waals surface area contributed by atoms with E-state index in [0.717, 1.165) is 21.3 Å². The van der Waals surface area contributed by atoms with Gasteiger partial charge in [-0.15, -0.1) is 0 Å². The number of esters is 1. The van der Waals surface area contributed by atoms with Crippen LogP contribution in [0.25, 0.3) is 0 Å². The number of ether oxygens (including phenoxy) is 3. The molecule has 0 aromatic heterocycles. The predicted molar refractivity (Wildman–Crippen MR) is 57.6 cm³/mol. The molecule has 5 nitrogen and oxygen atoms in total. The predicted octanol–water partition coefficient (Wildman–Crippen LogP) is 2.21. The lowest BCUT2D eigenvalue weighted by atomic mass is 10.0. The normalized spacial score (nSPS) is 11.1. The Kier molecular flexibility index (Phi) is 4.13. The van der Waals surface area contributed by atoms with E-state index in [1.807, 2.05) is 0 Å². The quantitative estimate of drug-likeness (QED) is 0.860. The van der Waals surface area contributed by atoms with E-state index in [2.05, 4.69) is 9.47 Å². The zero-order valence-electron chi connectivity index (χ0n) is 10.3. The number of carbonyl (C=O) groups excluding carboxylic acids is 1. The van der Waals surface area contributed by atoms with Crippen molar-refractivity contribution in [2.45, 2.75) is 6.18 Å². The number of halogens is 3. The van der Waals surface area contributed by atoms with Gasteiger partial charge in [-0.05, 0) is 6.07 Å². The van der Waals surface area contributed by atoms with E-state index < -0.39 is 29.0 Å². The third-order valence-corrected chi connectivity index (χ3v) is 2.34. The van der Waals surface area contributed by atoms with Gasteiger partial charge in [0.1, 0.15) is 5.56 Å². The summed E-state index contributed by atoms with van der Waals surface area (Å²) >= 11 is 0. The highest BCUT2D eigenvalue weighted by Gasteiger charge is 2.40. The molecule has 0 aliphatic rings. The molecule has 1 N–H and O–H groups in total. The van der Waals surface area contributed by atoms with Gasteiger partial charge in [-0.25, -0.2) is 4.79 Å². The van der Waals surface area contributed by atoms with Crippen molar-refractivity contribution in [3.8, 4) is 17.2 Å². The lowest BCUT2D eigenvalue weighted by molar-refractivity contribution is -0.138. The van der Waals surface area contributed by atoms with Crippen LogP contribution in [0.4, 0.5) is 13.2 Å². The van der Waals surface area contributed by atoms with Crippen LogP contribution < -0.4 is 9.47 Å². The molecule has 0 heterocycles. The van der Waals surface area contributed by atoms with Crippen LogP contribution in [0, 0.1) is 0 Å². The summed E-state index contributed by atoms with van der Waals surface area (Å²) in [7, 11) is 3.12. The van der Waals surface area contributed by atoms with Crippen LogP contribution in [-0.4, -0.2) is 32.4 Å². The van der Waals surface area contributed by atoms with Crippen molar-refractivity contribution in [3.63, 3.8) is 0 Å². The molecule has 0 aliphatic heterocycles. The number of phenols is 1. The first-order chi connectivity index (χ1) is 8.77. The van der Waals surface area contributed by atoms with Gasteiger partial charge in [0.2, 0.25) is 5.75 Å². The molecule has 1 aromatic rings. The maximum absolute atomic E-state index is 12.9. The molecular formula is C11H11F3O5. The van der Waals surface area contributed by atoms with Crippen molar-refractivity contribution in [1.82, 2.24) is 0 Å². The lowest BCUT2D eigenvalue weighted by Gasteiger charge is -2.17. The summed E-state index contributed by atoms with van der Waals surface area (Å²) in [5.41, 5.74) is -2.39. The minimum absolute atomic E-state index is 0.347. The summed E-state index contributed by atoms with van der Waals surface area (Å²) in [6.07, 6.45) is -4.86. The summed E-state index contributed by atoms with van der Waals surface area (Å²) in [4.78, 5) is 11.4. The first-order valence-corrected chi connectivity index (χ1v) is 4.91. The van der Waals surface area contributed by atoms with Gasteiger partial charge in [0.15, 0.2) is 11.5 Å². The second-order valence-electron chi connectivity index (χ2n) is 3.37. The van der Waals surface area contributed by atoms with Crippen molar-refractivity contribution >= 4 is 5.97 Å². The molecule has 1 aromatic carbocycles. The number of methoxy groups -OCH3 is 3. The molecule has 0 radical (unpaired) electrons. The van der Waals surface area contributed by atoms with E-state index in [-0.39, 0.29) is 11.5 Å². The van der Waals surface area contributed by atoms with Crippen LogP contribution in [0.1, 0.15) is 15.9 Å². The molecule has 0 aliphatic carbocycles. The fourth-order valence-electron chi connectivity index (χ4n) is 1.51. The monoisotopic (exact) mass is 280 g/mol. The average molecular weight is 280 g/mol. The van der Waals surface area contributed by atoms with Crippen molar-refractivity contribution in [3.05, 3.63) is 17.2 Å². The van der Waals surface area contributed by atoms with Crippen LogP contribution in [0.15, 0.2) is 6.07 Å². The summed E-state index contributed by atoms with van der Waals surface area (Å²) in [5.74, 6) is -3.04. The minimum atomic E-state index is -4.86. The van der Waals surface area contributed by atoms with Crippen LogP contribution in [0.5, 0.6) is 17.2 Å². The van der Waals surface area contributed by atoms with E-state index >= 15 is 0 Å². The number of hydrogen-bond acceptors (Lipinski definition) is 5. The van der Waals surface area contributed by atoms with Crippen LogP contribution >= 0.6 is 0 Å². The molecule has 0 amide bonds. The topological polar surface area (TPSA) is 65.0 Å². The Morgan fingerprint density at radius 2 is 1.79 bits per heavy atom. The van der Waals surface area contributed by atoms with E-state index in [1.165, 1.54) is 0 Å². The molecule has 0 atom stereocenters. The molecule has 0 saturated heterocycles. The Morgan fingerprint density at radius 1 is 1.21 bits per heavy atom. The number of benzene rings is 1. The van der Waals surface area contributed by atoms with Crippen LogP contribution in [-0.2, 0) is 10.9 Å². The molecule has 1 rings (SSSR count). The first kappa shape index (κ1) is 14.9. The van der Waals surface area contributed by atoms with Gasteiger partial charge >= 0.3 is 12.1 Å². The Bertz CT molecular complexity index is 496. The molecule has 0 spiro atoms. The molecule has 0 saturated carbocycles. The highest BCUT2D eigenvalue weighted by molar-refractivity contribution is 5.96. The van der Waals surface area contributed by atoms with Gasteiger partial charge in [0.25, 0.3) is 0 Å². The van der Waals surface area contributed by atoms with Crippen LogP contribution in [0.3, 0.4) is 0 Å². The number of rotatable bonds is 3. The maximum Gasteiger partial charge on any atom is 0.417 e. The zero-order chi connectivity index (χ0) is 14.8. The Balaban J connectivity index is 3.71. The number of aromatic hydroxyl groups is 1. The summed E-state index contributed by atoms with van der Waals surface area (Å²) in [6.45, 7) is 0.